The van der Waals surface area contributed by atoms with Crippen molar-refractivity contribution in [3.63, 3.8) is 0 Å². The summed E-state index contributed by atoms with van der Waals surface area (Å²) in [6, 6.07) is 20.6. The number of hydrazone groups is 1. The predicted octanol–water partition coefficient (Wildman–Crippen LogP) is 2.98. The quantitative estimate of drug-likeness (QED) is 0.200. The molecule has 0 radical (unpaired) electrons. The molecule has 10 nitrogen and oxygen atoms in total. The number of carbonyl (C=O) groups excluding carboxylic acids is 1. The van der Waals surface area contributed by atoms with Gasteiger partial charge < -0.3 is 16.0 Å². The number of hydrogen-bond donors (Lipinski definition) is 5. The first kappa shape index (κ1) is 23.5. The molecule has 2 heterocycles. The number of aromatic nitrogens is 1. The molecule has 0 atom stereocenters. The predicted molar refractivity (Wildman–Crippen MR) is 140 cm³/mol. The number of hydroxylamine groups is 1. The van der Waals surface area contributed by atoms with E-state index in [-0.39, 0.29) is 11.9 Å². The average Bonchev–Trinajstić information content (AvgIpc) is 2.89. The maximum Gasteiger partial charge on any atom is 0.253 e. The van der Waals surface area contributed by atoms with Gasteiger partial charge in [-0.15, -0.1) is 10.3 Å². The highest BCUT2D eigenvalue weighted by molar-refractivity contribution is 6.08. The zero-order valence-electron chi connectivity index (χ0n) is 19.8. The van der Waals surface area contributed by atoms with Crippen molar-refractivity contribution in [3.8, 4) is 0 Å². The summed E-state index contributed by atoms with van der Waals surface area (Å²) in [4.78, 5) is 17.7. The molecule has 1 amide bonds. The summed E-state index contributed by atoms with van der Waals surface area (Å²) in [5, 5.41) is 37.0. The molecule has 10 heteroatoms. The van der Waals surface area contributed by atoms with Gasteiger partial charge in [-0.3, -0.25) is 15.2 Å². The fourth-order valence-electron chi connectivity index (χ4n) is 4.19. The fraction of sp³-hybridized carbons (Fsp3) is 0.192. The molecule has 4 aromatic rings. The molecule has 0 fully saturated rings. The number of anilines is 2. The van der Waals surface area contributed by atoms with Crippen molar-refractivity contribution < 1.29 is 15.2 Å². The molecule has 3 aromatic carbocycles. The molecule has 0 bridgehead atoms. The van der Waals surface area contributed by atoms with Crippen LogP contribution in [0.4, 0.5) is 11.4 Å². The molecule has 5 rings (SSSR count). The summed E-state index contributed by atoms with van der Waals surface area (Å²) in [5.41, 5.74) is 4.00. The number of rotatable bonds is 7. The van der Waals surface area contributed by atoms with Crippen LogP contribution >= 0.6 is 0 Å². The lowest BCUT2D eigenvalue weighted by molar-refractivity contribution is 0.0955. The smallest absolute Gasteiger partial charge is 0.253 e. The van der Waals surface area contributed by atoms with Gasteiger partial charge in [0.25, 0.3) is 5.91 Å². The zero-order chi connectivity index (χ0) is 25.1. The Labute approximate surface area is 207 Å². The second-order valence-corrected chi connectivity index (χ2v) is 8.46. The number of fused-ring (bicyclic) bond motifs is 3. The van der Waals surface area contributed by atoms with Crippen molar-refractivity contribution in [2.45, 2.75) is 6.92 Å². The van der Waals surface area contributed by atoms with E-state index >= 15 is 0 Å². The third-order valence-electron chi connectivity index (χ3n) is 6.00. The highest BCUT2D eigenvalue weighted by atomic mass is 16.5. The molecular weight excluding hydrogens is 458 g/mol. The first-order valence-corrected chi connectivity index (χ1v) is 11.7. The Morgan fingerprint density at radius 1 is 0.861 bits per heavy atom. The highest BCUT2D eigenvalue weighted by Gasteiger charge is 2.23. The molecule has 0 unspecified atom stereocenters. The van der Waals surface area contributed by atoms with Gasteiger partial charge in [-0.25, -0.2) is 4.98 Å². The van der Waals surface area contributed by atoms with Gasteiger partial charge in [-0.2, -0.15) is 5.06 Å². The standard InChI is InChI=1S/C26H27N7O3/c1-17-6-4-7-18-16-19-8-5-9-20(24(19)30-23(17)18)25(34)28-14-12-27-13-15-29-26-31-33(36)22-11-3-2-10-21(22)32(26)35/h2-11,16,27,35-36H,12-15H2,1H3,(H,28,34)(H,29,31). The topological polar surface area (TPSA) is 125 Å². The van der Waals surface area contributed by atoms with Crippen molar-refractivity contribution in [2.24, 2.45) is 5.10 Å². The lowest BCUT2D eigenvalue weighted by atomic mass is 10.0. The Morgan fingerprint density at radius 2 is 1.58 bits per heavy atom. The van der Waals surface area contributed by atoms with E-state index in [1.807, 2.05) is 37.3 Å². The van der Waals surface area contributed by atoms with Crippen molar-refractivity contribution in [3.05, 3.63) is 77.9 Å². The highest BCUT2D eigenvalue weighted by Crippen LogP contribution is 2.30. The third-order valence-corrected chi connectivity index (χ3v) is 6.00. The lowest BCUT2D eigenvalue weighted by Crippen LogP contribution is -2.46. The van der Waals surface area contributed by atoms with E-state index in [0.717, 1.165) is 32.1 Å². The molecular formula is C26H27N7O3. The first-order chi connectivity index (χ1) is 17.5. The summed E-state index contributed by atoms with van der Waals surface area (Å²) in [7, 11) is 0. The fourth-order valence-corrected chi connectivity index (χ4v) is 4.19. The minimum absolute atomic E-state index is 0.109. The Balaban J connectivity index is 1.11. The number of guanidine groups is 1. The Morgan fingerprint density at radius 3 is 2.42 bits per heavy atom. The van der Waals surface area contributed by atoms with Gasteiger partial charge in [0.1, 0.15) is 11.4 Å². The van der Waals surface area contributed by atoms with E-state index in [0.29, 0.717) is 48.6 Å². The van der Waals surface area contributed by atoms with Crippen LogP contribution in [0.1, 0.15) is 15.9 Å². The number of nitrogens with one attached hydrogen (secondary N) is 3. The number of pyridine rings is 1. The summed E-state index contributed by atoms with van der Waals surface area (Å²) >= 11 is 0. The zero-order valence-corrected chi connectivity index (χ0v) is 19.8. The van der Waals surface area contributed by atoms with Crippen LogP contribution in [0.15, 0.2) is 71.8 Å². The minimum Gasteiger partial charge on any atom is -0.351 e. The maximum atomic E-state index is 12.9. The van der Waals surface area contributed by atoms with Gasteiger partial charge in [-0.05, 0) is 36.8 Å². The van der Waals surface area contributed by atoms with E-state index in [1.54, 1.807) is 30.3 Å². The molecule has 36 heavy (non-hydrogen) atoms. The Bertz CT molecular complexity index is 1460. The summed E-state index contributed by atoms with van der Waals surface area (Å²) in [5.74, 6) is -0.0623. The van der Waals surface area contributed by atoms with Crippen molar-refractivity contribution in [2.75, 3.05) is 36.4 Å². The number of nitrogens with zero attached hydrogens (tertiary/aromatic N) is 4. The average molecular weight is 486 g/mol. The molecule has 1 aliphatic rings. The molecule has 0 saturated heterocycles. The van der Waals surface area contributed by atoms with E-state index in [2.05, 4.69) is 27.1 Å². The number of benzene rings is 3. The van der Waals surface area contributed by atoms with Gasteiger partial charge in [0, 0.05) is 37.0 Å². The van der Waals surface area contributed by atoms with Gasteiger partial charge in [0.05, 0.1) is 16.6 Å². The van der Waals surface area contributed by atoms with Gasteiger partial charge in [-0.1, -0.05) is 42.5 Å². The Hall–Kier alpha value is -4.25. The molecule has 1 aromatic heterocycles. The normalized spacial score (nSPS) is 13.0. The van der Waals surface area contributed by atoms with Crippen LogP contribution in [0.3, 0.4) is 0 Å². The minimum atomic E-state index is -0.171. The van der Waals surface area contributed by atoms with Crippen molar-refractivity contribution in [1.29, 1.82) is 0 Å². The second kappa shape index (κ2) is 10.2. The van der Waals surface area contributed by atoms with Gasteiger partial charge in [0.2, 0.25) is 5.96 Å². The molecule has 1 aliphatic heterocycles. The van der Waals surface area contributed by atoms with Crippen LogP contribution in [-0.2, 0) is 0 Å². The lowest BCUT2D eigenvalue weighted by Gasteiger charge is -2.29. The third kappa shape index (κ3) is 4.65. The monoisotopic (exact) mass is 485 g/mol. The number of aryl methyl sites for hydroxylation is 1. The van der Waals surface area contributed by atoms with E-state index in [4.69, 9.17) is 4.98 Å². The summed E-state index contributed by atoms with van der Waals surface area (Å²) in [6.07, 6.45) is 0. The molecule has 0 saturated carbocycles. The van der Waals surface area contributed by atoms with Gasteiger partial charge >= 0.3 is 0 Å². The number of hydrogen-bond acceptors (Lipinski definition) is 9. The summed E-state index contributed by atoms with van der Waals surface area (Å²) < 4.78 is 0. The first-order valence-electron chi connectivity index (χ1n) is 11.7. The van der Waals surface area contributed by atoms with Gasteiger partial charge in [0.15, 0.2) is 0 Å². The summed E-state index contributed by atoms with van der Waals surface area (Å²) in [6.45, 7) is 4.00. The van der Waals surface area contributed by atoms with Crippen LogP contribution in [0, 0.1) is 6.92 Å². The Kier molecular flexibility index (Phi) is 6.63. The SMILES string of the molecule is Cc1cccc2cc3cccc(C(=O)NCCNCCNC4=NN(O)c5ccccc5N4O)c3nc12. The largest absolute Gasteiger partial charge is 0.351 e. The van der Waals surface area contributed by atoms with Crippen LogP contribution in [0.2, 0.25) is 0 Å². The molecule has 5 N–H and O–H groups in total. The molecule has 0 spiro atoms. The number of carbonyl (C=O) groups is 1. The van der Waals surface area contributed by atoms with E-state index in [1.165, 1.54) is 0 Å². The second-order valence-electron chi connectivity index (χ2n) is 8.46. The number of amides is 1. The number of para-hydroxylation sites is 4. The van der Waals surface area contributed by atoms with Crippen molar-refractivity contribution >= 4 is 45.0 Å². The van der Waals surface area contributed by atoms with Crippen LogP contribution in [0.25, 0.3) is 21.8 Å². The van der Waals surface area contributed by atoms with Crippen molar-refractivity contribution in [1.82, 2.24) is 20.9 Å². The van der Waals surface area contributed by atoms with Crippen LogP contribution < -0.4 is 26.2 Å². The maximum absolute atomic E-state index is 12.9. The molecule has 0 aliphatic carbocycles. The van der Waals surface area contributed by atoms with Crippen LogP contribution in [-0.4, -0.2) is 53.4 Å². The van der Waals surface area contributed by atoms with E-state index in [9.17, 15) is 15.2 Å². The molecule has 184 valence electrons. The van der Waals surface area contributed by atoms with Crippen LogP contribution in [0.5, 0.6) is 0 Å². The van der Waals surface area contributed by atoms with E-state index < -0.39 is 0 Å².